The number of sulfone groups is 1. The number of aromatic hydroxyl groups is 1. The Balaban J connectivity index is 1.71. The minimum absolute atomic E-state index is 0.0375. The van der Waals surface area contributed by atoms with Gasteiger partial charge in [0.05, 0.1) is 25.1 Å². The summed E-state index contributed by atoms with van der Waals surface area (Å²) in [4.78, 5) is 0. The van der Waals surface area contributed by atoms with E-state index >= 15 is 0 Å². The number of benzene rings is 1. The van der Waals surface area contributed by atoms with E-state index in [1.807, 2.05) is 32.9 Å². The van der Waals surface area contributed by atoms with E-state index < -0.39 is 15.1 Å². The van der Waals surface area contributed by atoms with E-state index in [4.69, 9.17) is 4.74 Å². The molecular formula is C20H26O5S. The topological polar surface area (TPSA) is 83.8 Å². The average molecular weight is 378 g/mol. The fourth-order valence-corrected chi connectivity index (χ4v) is 5.87. The van der Waals surface area contributed by atoms with Crippen LogP contribution in [0.3, 0.4) is 0 Å². The molecule has 6 heteroatoms. The zero-order valence-electron chi connectivity index (χ0n) is 15.4. The second kappa shape index (κ2) is 7.18. The number of fused-ring (bicyclic) bond motifs is 1. The first kappa shape index (κ1) is 19.1. The van der Waals surface area contributed by atoms with Crippen LogP contribution in [0.2, 0.25) is 0 Å². The van der Waals surface area contributed by atoms with E-state index in [2.05, 4.69) is 6.08 Å². The number of hydrogen-bond donors (Lipinski definition) is 2. The van der Waals surface area contributed by atoms with Gasteiger partial charge in [0.2, 0.25) is 0 Å². The predicted molar refractivity (Wildman–Crippen MR) is 102 cm³/mol. The highest BCUT2D eigenvalue weighted by Crippen LogP contribution is 2.38. The van der Waals surface area contributed by atoms with E-state index in [-0.39, 0.29) is 25.1 Å². The van der Waals surface area contributed by atoms with Crippen LogP contribution in [0.5, 0.6) is 5.75 Å². The van der Waals surface area contributed by atoms with Crippen LogP contribution in [0, 0.1) is 13.8 Å². The van der Waals surface area contributed by atoms with Gasteiger partial charge in [0.25, 0.3) is 0 Å². The fourth-order valence-electron chi connectivity index (χ4n) is 3.93. The van der Waals surface area contributed by atoms with Gasteiger partial charge < -0.3 is 14.9 Å². The number of phenolic OH excluding ortho intramolecular Hbond substituents is 1. The molecule has 2 aliphatic heterocycles. The summed E-state index contributed by atoms with van der Waals surface area (Å²) in [6.45, 7) is 5.78. The minimum Gasteiger partial charge on any atom is -0.507 e. The number of aliphatic hydroxyl groups excluding tert-OH is 1. The zero-order chi connectivity index (χ0) is 19.1. The van der Waals surface area contributed by atoms with Crippen molar-refractivity contribution in [2.45, 2.75) is 45.0 Å². The van der Waals surface area contributed by atoms with E-state index in [1.54, 1.807) is 0 Å². The van der Waals surface area contributed by atoms with Gasteiger partial charge in [-0.3, -0.25) is 0 Å². The largest absolute Gasteiger partial charge is 0.507 e. The molecule has 2 N–H and O–H groups in total. The third-order valence-electron chi connectivity index (χ3n) is 5.28. The van der Waals surface area contributed by atoms with E-state index in [9.17, 15) is 18.6 Å². The van der Waals surface area contributed by atoms with Crippen molar-refractivity contribution in [3.8, 4) is 5.75 Å². The van der Waals surface area contributed by atoms with Crippen molar-refractivity contribution >= 4 is 15.9 Å². The normalized spacial score (nSPS) is 25.0. The number of hydrogen-bond acceptors (Lipinski definition) is 5. The summed E-state index contributed by atoms with van der Waals surface area (Å²) in [5, 5.41) is 18.8. The number of aryl methyl sites for hydroxylation is 2. The average Bonchev–Trinajstić information content (AvgIpc) is 3.10. The van der Waals surface area contributed by atoms with Gasteiger partial charge >= 0.3 is 0 Å². The van der Waals surface area contributed by atoms with Gasteiger partial charge in [0, 0.05) is 0 Å². The van der Waals surface area contributed by atoms with Crippen LogP contribution < -0.4 is 0 Å². The van der Waals surface area contributed by atoms with Crippen molar-refractivity contribution in [2.75, 3.05) is 19.0 Å². The van der Waals surface area contributed by atoms with Crippen molar-refractivity contribution in [2.24, 2.45) is 0 Å². The molecule has 142 valence electrons. The molecule has 5 nitrogen and oxygen atoms in total. The molecule has 0 saturated carbocycles. The molecule has 1 fully saturated rings. The van der Waals surface area contributed by atoms with E-state index in [0.717, 1.165) is 34.3 Å². The Morgan fingerprint density at radius 1 is 1.31 bits per heavy atom. The number of rotatable bonds is 5. The molecule has 2 aliphatic rings. The molecule has 1 aromatic rings. The Morgan fingerprint density at radius 3 is 2.58 bits per heavy atom. The van der Waals surface area contributed by atoms with Gasteiger partial charge in [-0.2, -0.15) is 0 Å². The van der Waals surface area contributed by atoms with Crippen LogP contribution in [0.25, 0.3) is 6.08 Å². The van der Waals surface area contributed by atoms with E-state index in [1.165, 1.54) is 0 Å². The molecule has 1 saturated heterocycles. The predicted octanol–water partition coefficient (Wildman–Crippen LogP) is 2.68. The van der Waals surface area contributed by atoms with Gasteiger partial charge in [0.15, 0.2) is 9.84 Å². The fraction of sp³-hybridized carbons (Fsp3) is 0.500. The maximum Gasteiger partial charge on any atom is 0.163 e. The Hall–Kier alpha value is -1.63. The van der Waals surface area contributed by atoms with Crippen LogP contribution in [0.4, 0.5) is 0 Å². The highest BCUT2D eigenvalue weighted by atomic mass is 32.2. The molecule has 26 heavy (non-hydrogen) atoms. The van der Waals surface area contributed by atoms with Gasteiger partial charge in [0.1, 0.15) is 11.0 Å². The first-order valence-electron chi connectivity index (χ1n) is 8.86. The Bertz CT molecular complexity index is 856. The van der Waals surface area contributed by atoms with Gasteiger partial charge in [-0.15, -0.1) is 0 Å². The number of phenols is 1. The first-order chi connectivity index (χ1) is 12.2. The highest BCUT2D eigenvalue weighted by molar-refractivity contribution is 7.92. The summed E-state index contributed by atoms with van der Waals surface area (Å²) in [5.41, 5.74) is 5.30. The van der Waals surface area contributed by atoms with Gasteiger partial charge in [-0.05, 0) is 73.6 Å². The lowest BCUT2D eigenvalue weighted by Crippen LogP contribution is -2.19. The molecule has 0 radical (unpaired) electrons. The molecule has 0 aromatic heterocycles. The summed E-state index contributed by atoms with van der Waals surface area (Å²) in [5.74, 6) is 0.292. The molecule has 0 unspecified atom stereocenters. The standard InChI is InChI=1S/C20H26O5S/c1-12(6-15-7-13(2)20(22)14(3)8-15)4-5-17-19-16(9-21)11-26(23,24)18(19)10-25-17/h6-8,17-18,21-22H,4-5,9-11H2,1-3H3/b12-6+/t17-,18+/m1/s1. The van der Waals surface area contributed by atoms with Crippen molar-refractivity contribution < 1.29 is 23.4 Å². The second-order valence-corrected chi connectivity index (χ2v) is 9.55. The molecule has 0 spiro atoms. The quantitative estimate of drug-likeness (QED) is 0.770. The maximum absolute atomic E-state index is 12.2. The molecule has 0 amide bonds. The summed E-state index contributed by atoms with van der Waals surface area (Å²) >= 11 is 0. The molecule has 0 aliphatic carbocycles. The van der Waals surface area contributed by atoms with Gasteiger partial charge in [-0.1, -0.05) is 11.6 Å². The molecule has 0 bridgehead atoms. The molecule has 3 rings (SSSR count). The van der Waals surface area contributed by atoms with Crippen LogP contribution >= 0.6 is 0 Å². The SMILES string of the molecule is C/C(=C\c1cc(C)c(O)c(C)c1)CC[C@H]1OC[C@H]2C1=C(CO)CS2(=O)=O. The number of allylic oxidation sites excluding steroid dienone is 1. The molecule has 2 heterocycles. The second-order valence-electron chi connectivity index (χ2n) is 7.37. The molecule has 1 aromatic carbocycles. The van der Waals surface area contributed by atoms with Gasteiger partial charge in [-0.25, -0.2) is 8.42 Å². The lowest BCUT2D eigenvalue weighted by Gasteiger charge is -2.13. The van der Waals surface area contributed by atoms with Crippen molar-refractivity contribution in [1.29, 1.82) is 0 Å². The monoisotopic (exact) mass is 378 g/mol. The molecule has 2 atom stereocenters. The summed E-state index contributed by atoms with van der Waals surface area (Å²) in [7, 11) is -3.22. The van der Waals surface area contributed by atoms with Crippen LogP contribution in [-0.4, -0.2) is 49.0 Å². The Kier molecular flexibility index (Phi) is 5.28. The van der Waals surface area contributed by atoms with E-state index in [0.29, 0.717) is 17.7 Å². The molecular weight excluding hydrogens is 352 g/mol. The number of aliphatic hydroxyl groups is 1. The zero-order valence-corrected chi connectivity index (χ0v) is 16.3. The summed E-state index contributed by atoms with van der Waals surface area (Å²) < 4.78 is 30.1. The third-order valence-corrected chi connectivity index (χ3v) is 7.29. The van der Waals surface area contributed by atoms with Crippen molar-refractivity contribution in [1.82, 2.24) is 0 Å². The Morgan fingerprint density at radius 2 is 1.96 bits per heavy atom. The Labute approximate surface area is 154 Å². The summed E-state index contributed by atoms with van der Waals surface area (Å²) in [6, 6.07) is 3.90. The highest BCUT2D eigenvalue weighted by Gasteiger charge is 2.46. The lowest BCUT2D eigenvalue weighted by molar-refractivity contribution is 0.117. The van der Waals surface area contributed by atoms with Crippen molar-refractivity contribution in [3.63, 3.8) is 0 Å². The van der Waals surface area contributed by atoms with Crippen LogP contribution in [-0.2, 0) is 14.6 Å². The maximum atomic E-state index is 12.2. The summed E-state index contributed by atoms with van der Waals surface area (Å²) in [6.07, 6.45) is 3.33. The number of ether oxygens (including phenoxy) is 1. The first-order valence-corrected chi connectivity index (χ1v) is 10.6. The lowest BCUT2D eigenvalue weighted by atomic mass is 9.97. The minimum atomic E-state index is -3.22. The van der Waals surface area contributed by atoms with Crippen molar-refractivity contribution in [3.05, 3.63) is 45.5 Å². The third kappa shape index (κ3) is 3.59. The van der Waals surface area contributed by atoms with Crippen LogP contribution in [0.1, 0.15) is 36.5 Å². The smallest absolute Gasteiger partial charge is 0.163 e. The van der Waals surface area contributed by atoms with Crippen LogP contribution in [0.15, 0.2) is 28.9 Å².